The molecule has 0 aliphatic carbocycles. The Labute approximate surface area is 185 Å². The first kappa shape index (κ1) is 23.0. The predicted molar refractivity (Wildman–Crippen MR) is 123 cm³/mol. The normalized spacial score (nSPS) is 13.4. The number of carbonyl (C=O) groups excluding carboxylic acids is 1. The highest BCUT2D eigenvalue weighted by molar-refractivity contribution is 6.01. The number of nitrogen functional groups attached to an aromatic ring is 1. The minimum Gasteiger partial charge on any atom is -0.463 e. The van der Waals surface area contributed by atoms with E-state index in [1.165, 1.54) is 5.56 Å². The third-order valence-corrected chi connectivity index (χ3v) is 5.36. The number of fused-ring (bicyclic) bond motifs is 1. The van der Waals surface area contributed by atoms with Gasteiger partial charge in [0.1, 0.15) is 11.6 Å². The van der Waals surface area contributed by atoms with Crippen LogP contribution in [-0.2, 0) is 24.3 Å². The molecule has 2 heterocycles. The summed E-state index contributed by atoms with van der Waals surface area (Å²) in [5, 5.41) is 0. The molecule has 2 aromatic rings. The molecule has 1 aromatic carbocycles. The summed E-state index contributed by atoms with van der Waals surface area (Å²) >= 11 is 0. The molecule has 2 N–H and O–H groups in total. The standard InChI is InChI=1S/C23H34N6O2/c1-5-6-13-31-23-25-21(24)19-14-20(30)29(22(19)26-23)16-18-9-7-17(8-10-18)15-28(4)12-11-27(2)3/h7-10H,5-6,11-16H2,1-4H3,(H2,24,25,26). The Kier molecular flexibility index (Phi) is 7.81. The average molecular weight is 427 g/mol. The Balaban J connectivity index is 1.67. The number of hydrogen-bond acceptors (Lipinski definition) is 7. The Bertz CT molecular complexity index is 884. The van der Waals surface area contributed by atoms with Gasteiger partial charge in [-0.2, -0.15) is 9.97 Å². The van der Waals surface area contributed by atoms with Crippen molar-refractivity contribution in [2.24, 2.45) is 0 Å². The second-order valence-corrected chi connectivity index (χ2v) is 8.41. The highest BCUT2D eigenvalue weighted by atomic mass is 16.5. The lowest BCUT2D eigenvalue weighted by atomic mass is 10.1. The third kappa shape index (κ3) is 6.15. The van der Waals surface area contributed by atoms with Crippen molar-refractivity contribution in [3.63, 3.8) is 0 Å². The van der Waals surface area contributed by atoms with E-state index in [0.717, 1.165) is 38.0 Å². The van der Waals surface area contributed by atoms with Crippen molar-refractivity contribution >= 4 is 17.5 Å². The Hall–Kier alpha value is -2.71. The largest absolute Gasteiger partial charge is 0.463 e. The summed E-state index contributed by atoms with van der Waals surface area (Å²) < 4.78 is 5.63. The molecule has 8 heteroatoms. The van der Waals surface area contributed by atoms with E-state index >= 15 is 0 Å². The van der Waals surface area contributed by atoms with Crippen molar-refractivity contribution in [2.45, 2.75) is 39.3 Å². The quantitative estimate of drug-likeness (QED) is 0.552. The molecule has 168 valence electrons. The molecule has 0 saturated heterocycles. The molecule has 3 rings (SSSR count). The number of nitrogens with two attached hydrogens (primary N) is 1. The van der Waals surface area contributed by atoms with Crippen LogP contribution in [0.2, 0.25) is 0 Å². The van der Waals surface area contributed by atoms with Gasteiger partial charge in [0.2, 0.25) is 5.91 Å². The molecular weight excluding hydrogens is 392 g/mol. The van der Waals surface area contributed by atoms with Crippen molar-refractivity contribution in [2.75, 3.05) is 51.5 Å². The average Bonchev–Trinajstić information content (AvgIpc) is 3.04. The lowest BCUT2D eigenvalue weighted by molar-refractivity contribution is -0.117. The van der Waals surface area contributed by atoms with Gasteiger partial charge in [0.25, 0.3) is 0 Å². The van der Waals surface area contributed by atoms with Crippen LogP contribution in [0.25, 0.3) is 0 Å². The maximum atomic E-state index is 12.6. The van der Waals surface area contributed by atoms with Gasteiger partial charge >= 0.3 is 6.01 Å². The smallest absolute Gasteiger partial charge is 0.320 e. The number of anilines is 2. The van der Waals surface area contributed by atoms with Crippen molar-refractivity contribution in [1.29, 1.82) is 0 Å². The van der Waals surface area contributed by atoms with Crippen LogP contribution in [0.15, 0.2) is 24.3 Å². The van der Waals surface area contributed by atoms with Gasteiger partial charge in [0, 0.05) is 25.2 Å². The Morgan fingerprint density at radius 2 is 1.81 bits per heavy atom. The van der Waals surface area contributed by atoms with Gasteiger partial charge in [-0.15, -0.1) is 0 Å². The molecule has 0 atom stereocenters. The van der Waals surface area contributed by atoms with Crippen molar-refractivity contribution in [3.05, 3.63) is 41.0 Å². The molecule has 1 aromatic heterocycles. The van der Waals surface area contributed by atoms with E-state index in [2.05, 4.69) is 72.1 Å². The topological polar surface area (TPSA) is 87.8 Å². The monoisotopic (exact) mass is 426 g/mol. The first-order valence-corrected chi connectivity index (χ1v) is 10.9. The minimum absolute atomic E-state index is 0.0193. The highest BCUT2D eigenvalue weighted by Crippen LogP contribution is 2.33. The summed E-state index contributed by atoms with van der Waals surface area (Å²) in [5.74, 6) is 0.870. The van der Waals surface area contributed by atoms with E-state index in [1.807, 2.05) is 0 Å². The van der Waals surface area contributed by atoms with E-state index < -0.39 is 0 Å². The SMILES string of the molecule is CCCCOc1nc(N)c2c(n1)N(Cc1ccc(CN(C)CCN(C)C)cc1)C(=O)C2. The van der Waals surface area contributed by atoms with Gasteiger partial charge in [0.05, 0.1) is 19.6 Å². The van der Waals surface area contributed by atoms with Crippen LogP contribution in [0.3, 0.4) is 0 Å². The zero-order valence-corrected chi connectivity index (χ0v) is 19.1. The Morgan fingerprint density at radius 1 is 1.10 bits per heavy atom. The number of benzene rings is 1. The molecule has 0 radical (unpaired) electrons. The fraction of sp³-hybridized carbons (Fsp3) is 0.522. The molecule has 0 bridgehead atoms. The number of carbonyl (C=O) groups is 1. The molecule has 31 heavy (non-hydrogen) atoms. The molecule has 0 unspecified atom stereocenters. The summed E-state index contributed by atoms with van der Waals surface area (Å²) in [5.41, 5.74) is 9.07. The van der Waals surface area contributed by atoms with Gasteiger partial charge in [-0.1, -0.05) is 37.6 Å². The molecule has 1 aliphatic rings. The minimum atomic E-state index is -0.0193. The summed E-state index contributed by atoms with van der Waals surface area (Å²) in [6, 6.07) is 8.63. The number of ether oxygens (including phenoxy) is 1. The fourth-order valence-corrected chi connectivity index (χ4v) is 3.46. The summed E-state index contributed by atoms with van der Waals surface area (Å²) in [6.45, 7) is 6.01. The molecule has 0 saturated carbocycles. The molecule has 0 spiro atoms. The van der Waals surface area contributed by atoms with Crippen LogP contribution in [0.4, 0.5) is 11.6 Å². The number of aromatic nitrogens is 2. The van der Waals surface area contributed by atoms with Crippen LogP contribution in [-0.4, -0.2) is 66.5 Å². The van der Waals surface area contributed by atoms with Crippen molar-refractivity contribution < 1.29 is 9.53 Å². The van der Waals surface area contributed by atoms with Gasteiger partial charge in [0.15, 0.2) is 0 Å². The highest BCUT2D eigenvalue weighted by Gasteiger charge is 2.32. The zero-order chi connectivity index (χ0) is 22.4. The van der Waals surface area contributed by atoms with Gasteiger partial charge < -0.3 is 20.3 Å². The molecular formula is C23H34N6O2. The van der Waals surface area contributed by atoms with Gasteiger partial charge in [-0.05, 0) is 38.7 Å². The van der Waals surface area contributed by atoms with Gasteiger partial charge in [-0.25, -0.2) is 0 Å². The zero-order valence-electron chi connectivity index (χ0n) is 19.1. The predicted octanol–water partition coefficient (Wildman–Crippen LogP) is 2.32. The lowest BCUT2D eigenvalue weighted by Crippen LogP contribution is -2.28. The third-order valence-electron chi connectivity index (χ3n) is 5.36. The molecule has 1 amide bonds. The summed E-state index contributed by atoms with van der Waals surface area (Å²) in [7, 11) is 6.29. The van der Waals surface area contributed by atoms with E-state index in [4.69, 9.17) is 10.5 Å². The van der Waals surface area contributed by atoms with E-state index in [0.29, 0.717) is 30.4 Å². The van der Waals surface area contributed by atoms with Crippen LogP contribution in [0.1, 0.15) is 36.5 Å². The number of hydrogen-bond donors (Lipinski definition) is 1. The summed E-state index contributed by atoms with van der Waals surface area (Å²) in [4.78, 5) is 27.5. The van der Waals surface area contributed by atoms with Crippen molar-refractivity contribution in [3.8, 4) is 6.01 Å². The Morgan fingerprint density at radius 3 is 2.48 bits per heavy atom. The van der Waals surface area contributed by atoms with Crippen LogP contribution < -0.4 is 15.4 Å². The second-order valence-electron chi connectivity index (χ2n) is 8.41. The van der Waals surface area contributed by atoms with E-state index in [1.54, 1.807) is 4.90 Å². The number of nitrogens with zero attached hydrogens (tertiary/aromatic N) is 5. The maximum absolute atomic E-state index is 12.6. The number of rotatable bonds is 11. The number of likely N-dealkylation sites (N-methyl/N-ethyl adjacent to an activating group) is 2. The molecule has 1 aliphatic heterocycles. The maximum Gasteiger partial charge on any atom is 0.320 e. The number of unbranched alkanes of at least 4 members (excludes halogenated alkanes) is 1. The summed E-state index contributed by atoms with van der Waals surface area (Å²) in [6.07, 6.45) is 2.16. The van der Waals surface area contributed by atoms with Gasteiger partial charge in [-0.3, -0.25) is 9.69 Å². The van der Waals surface area contributed by atoms with Crippen LogP contribution in [0.5, 0.6) is 6.01 Å². The second kappa shape index (κ2) is 10.5. The first-order chi connectivity index (χ1) is 14.9. The van der Waals surface area contributed by atoms with Crippen LogP contribution >= 0.6 is 0 Å². The molecule has 8 nitrogen and oxygen atoms in total. The van der Waals surface area contributed by atoms with E-state index in [9.17, 15) is 4.79 Å². The molecule has 0 fully saturated rings. The van der Waals surface area contributed by atoms with Crippen LogP contribution in [0, 0.1) is 0 Å². The fourth-order valence-electron chi connectivity index (χ4n) is 3.46. The lowest BCUT2D eigenvalue weighted by Gasteiger charge is -2.20. The van der Waals surface area contributed by atoms with Crippen molar-refractivity contribution in [1.82, 2.24) is 19.8 Å². The number of amides is 1. The van der Waals surface area contributed by atoms with E-state index in [-0.39, 0.29) is 18.3 Å². The first-order valence-electron chi connectivity index (χ1n) is 10.9.